The Morgan fingerprint density at radius 1 is 1.11 bits per heavy atom. The van der Waals surface area contributed by atoms with Gasteiger partial charge >= 0.3 is 0 Å². The first kappa shape index (κ1) is 16.2. The topological polar surface area (TPSA) is 43.4 Å². The van der Waals surface area contributed by atoms with Crippen LogP contribution >= 0.6 is 0 Å². The molecule has 0 aromatic heterocycles. The zero-order chi connectivity index (χ0) is 14.3. The summed E-state index contributed by atoms with van der Waals surface area (Å²) < 4.78 is 28.8. The molecule has 0 bridgehead atoms. The average molecular weight is 284 g/mol. The van der Waals surface area contributed by atoms with Gasteiger partial charge in [-0.1, -0.05) is 38.1 Å². The third-order valence-electron chi connectivity index (χ3n) is 3.09. The first-order chi connectivity index (χ1) is 8.94. The number of ether oxygens (including phenoxy) is 1. The third kappa shape index (κ3) is 6.21. The van der Waals surface area contributed by atoms with E-state index in [9.17, 15) is 8.42 Å². The molecule has 4 heteroatoms. The van der Waals surface area contributed by atoms with Crippen molar-refractivity contribution in [2.45, 2.75) is 38.4 Å². The molecule has 0 fully saturated rings. The van der Waals surface area contributed by atoms with Crippen LogP contribution < -0.4 is 0 Å². The van der Waals surface area contributed by atoms with E-state index in [-0.39, 0.29) is 11.5 Å². The number of hydrogen-bond donors (Lipinski definition) is 0. The summed E-state index contributed by atoms with van der Waals surface area (Å²) in [4.78, 5) is 0. The summed E-state index contributed by atoms with van der Waals surface area (Å²) in [5.74, 6) is 0.848. The van der Waals surface area contributed by atoms with Crippen LogP contribution in [0.1, 0.15) is 43.7 Å². The molecule has 0 N–H and O–H groups in total. The first-order valence-electron chi connectivity index (χ1n) is 6.73. The Morgan fingerprint density at radius 3 is 2.26 bits per heavy atom. The van der Waals surface area contributed by atoms with Crippen molar-refractivity contribution in [3.05, 3.63) is 35.4 Å². The minimum absolute atomic E-state index is 0.137. The Kier molecular flexibility index (Phi) is 6.52. The van der Waals surface area contributed by atoms with Gasteiger partial charge in [0.25, 0.3) is 0 Å². The maximum atomic E-state index is 11.9. The van der Waals surface area contributed by atoms with Crippen LogP contribution in [-0.4, -0.2) is 27.9 Å². The lowest BCUT2D eigenvalue weighted by Gasteiger charge is -2.08. The molecule has 0 saturated carbocycles. The highest BCUT2D eigenvalue weighted by atomic mass is 32.2. The van der Waals surface area contributed by atoms with Gasteiger partial charge < -0.3 is 4.74 Å². The van der Waals surface area contributed by atoms with Crippen LogP contribution in [0.3, 0.4) is 0 Å². The molecule has 3 nitrogen and oxygen atoms in total. The molecule has 1 aromatic carbocycles. The summed E-state index contributed by atoms with van der Waals surface area (Å²) >= 11 is 0. The molecule has 19 heavy (non-hydrogen) atoms. The van der Waals surface area contributed by atoms with Gasteiger partial charge in [-0.25, -0.2) is 8.42 Å². The Morgan fingerprint density at radius 2 is 1.74 bits per heavy atom. The normalized spacial score (nSPS) is 12.0. The minimum Gasteiger partial charge on any atom is -0.385 e. The molecule has 108 valence electrons. The lowest BCUT2D eigenvalue weighted by atomic mass is 10.0. The van der Waals surface area contributed by atoms with Gasteiger partial charge in [-0.15, -0.1) is 0 Å². The molecule has 0 radical (unpaired) electrons. The summed E-state index contributed by atoms with van der Waals surface area (Å²) in [5.41, 5.74) is 2.11. The monoisotopic (exact) mass is 284 g/mol. The molecule has 0 spiro atoms. The first-order valence-corrected chi connectivity index (χ1v) is 8.55. The van der Waals surface area contributed by atoms with Gasteiger partial charge in [-0.05, 0) is 29.9 Å². The van der Waals surface area contributed by atoms with Crippen LogP contribution in [0, 0.1) is 0 Å². The molecular weight excluding hydrogens is 260 g/mol. The lowest BCUT2D eigenvalue weighted by Crippen LogP contribution is -2.10. The number of rotatable bonds is 8. The Bertz CT molecular complexity index is 461. The van der Waals surface area contributed by atoms with E-state index < -0.39 is 9.84 Å². The van der Waals surface area contributed by atoms with Crippen molar-refractivity contribution in [2.24, 2.45) is 0 Å². The van der Waals surface area contributed by atoms with Gasteiger partial charge in [0.15, 0.2) is 9.84 Å². The van der Waals surface area contributed by atoms with E-state index in [1.165, 1.54) is 5.56 Å². The van der Waals surface area contributed by atoms with Gasteiger partial charge in [0, 0.05) is 13.7 Å². The number of sulfone groups is 1. The second-order valence-electron chi connectivity index (χ2n) is 5.19. The molecule has 1 rings (SSSR count). The zero-order valence-corrected chi connectivity index (χ0v) is 12.9. The van der Waals surface area contributed by atoms with Crippen LogP contribution in [0.25, 0.3) is 0 Å². The summed E-state index contributed by atoms with van der Waals surface area (Å²) in [6, 6.07) is 7.87. The van der Waals surface area contributed by atoms with Crippen molar-refractivity contribution in [1.29, 1.82) is 0 Å². The SMILES string of the molecule is COCCCCS(=O)(=O)Cc1ccc(C(C)C)cc1. The minimum atomic E-state index is -3.00. The standard InChI is InChI=1S/C15H24O3S/c1-13(2)15-8-6-14(7-9-15)12-19(16,17)11-5-4-10-18-3/h6-9,13H,4-5,10-12H2,1-3H3. The maximum absolute atomic E-state index is 11.9. The molecule has 0 saturated heterocycles. The second-order valence-corrected chi connectivity index (χ2v) is 7.37. The summed E-state index contributed by atoms with van der Waals surface area (Å²) in [5, 5.41) is 0. The Labute approximate surface area is 116 Å². The van der Waals surface area contributed by atoms with Gasteiger partial charge in [-0.2, -0.15) is 0 Å². The number of methoxy groups -OCH3 is 1. The van der Waals surface area contributed by atoms with Crippen LogP contribution in [-0.2, 0) is 20.3 Å². The van der Waals surface area contributed by atoms with E-state index in [1.54, 1.807) is 7.11 Å². The van der Waals surface area contributed by atoms with Crippen LogP contribution in [0.4, 0.5) is 0 Å². The van der Waals surface area contributed by atoms with E-state index in [2.05, 4.69) is 13.8 Å². The fourth-order valence-electron chi connectivity index (χ4n) is 1.89. The second kappa shape index (κ2) is 7.65. The van der Waals surface area contributed by atoms with Crippen molar-refractivity contribution in [1.82, 2.24) is 0 Å². The van der Waals surface area contributed by atoms with Crippen LogP contribution in [0.5, 0.6) is 0 Å². The highest BCUT2D eigenvalue weighted by Gasteiger charge is 2.11. The number of hydrogen-bond acceptors (Lipinski definition) is 3. The summed E-state index contributed by atoms with van der Waals surface area (Å²) in [6.45, 7) is 4.88. The summed E-state index contributed by atoms with van der Waals surface area (Å²) in [6.07, 6.45) is 1.46. The molecule has 0 aliphatic heterocycles. The van der Waals surface area contributed by atoms with Gasteiger partial charge in [0.1, 0.15) is 0 Å². The third-order valence-corrected chi connectivity index (χ3v) is 4.77. The highest BCUT2D eigenvalue weighted by Crippen LogP contribution is 2.16. The van der Waals surface area contributed by atoms with Crippen LogP contribution in [0.2, 0.25) is 0 Å². The number of unbranched alkanes of at least 4 members (excludes halogenated alkanes) is 1. The van der Waals surface area contributed by atoms with E-state index in [0.717, 1.165) is 12.0 Å². The van der Waals surface area contributed by atoms with E-state index in [4.69, 9.17) is 4.74 Å². The van der Waals surface area contributed by atoms with E-state index in [1.807, 2.05) is 24.3 Å². The lowest BCUT2D eigenvalue weighted by molar-refractivity contribution is 0.194. The molecule has 0 atom stereocenters. The van der Waals surface area contributed by atoms with Crippen molar-refractivity contribution in [3.63, 3.8) is 0 Å². The molecule has 0 unspecified atom stereocenters. The van der Waals surface area contributed by atoms with Gasteiger partial charge in [0.2, 0.25) is 0 Å². The van der Waals surface area contributed by atoms with E-state index in [0.29, 0.717) is 18.9 Å². The largest absolute Gasteiger partial charge is 0.385 e. The van der Waals surface area contributed by atoms with E-state index >= 15 is 0 Å². The van der Waals surface area contributed by atoms with Crippen molar-refractivity contribution in [3.8, 4) is 0 Å². The molecular formula is C15H24O3S. The van der Waals surface area contributed by atoms with Crippen molar-refractivity contribution < 1.29 is 13.2 Å². The van der Waals surface area contributed by atoms with Crippen LogP contribution in [0.15, 0.2) is 24.3 Å². The zero-order valence-electron chi connectivity index (χ0n) is 12.1. The van der Waals surface area contributed by atoms with Gasteiger partial charge in [-0.3, -0.25) is 0 Å². The molecule has 0 amide bonds. The predicted molar refractivity (Wildman–Crippen MR) is 79.1 cm³/mol. The van der Waals surface area contributed by atoms with Crippen molar-refractivity contribution in [2.75, 3.05) is 19.5 Å². The quantitative estimate of drug-likeness (QED) is 0.689. The smallest absolute Gasteiger partial charge is 0.154 e. The molecule has 0 aliphatic rings. The summed E-state index contributed by atoms with van der Waals surface area (Å²) in [7, 11) is -1.37. The molecule has 0 heterocycles. The van der Waals surface area contributed by atoms with Gasteiger partial charge in [0.05, 0.1) is 11.5 Å². The fraction of sp³-hybridized carbons (Fsp3) is 0.600. The predicted octanol–water partition coefficient (Wildman–Crippen LogP) is 3.15. The Balaban J connectivity index is 2.53. The number of benzene rings is 1. The highest BCUT2D eigenvalue weighted by molar-refractivity contribution is 7.90. The molecule has 1 aromatic rings. The fourth-order valence-corrected chi connectivity index (χ4v) is 3.38. The Hall–Kier alpha value is -0.870. The average Bonchev–Trinajstić information content (AvgIpc) is 2.35. The van der Waals surface area contributed by atoms with Crippen molar-refractivity contribution >= 4 is 9.84 Å². The molecule has 0 aliphatic carbocycles. The maximum Gasteiger partial charge on any atom is 0.154 e.